The zero-order valence-electron chi connectivity index (χ0n) is 15.4. The van der Waals surface area contributed by atoms with Gasteiger partial charge >= 0.3 is 11.9 Å². The van der Waals surface area contributed by atoms with Crippen molar-refractivity contribution in [2.45, 2.75) is 19.8 Å². The average Bonchev–Trinajstić information content (AvgIpc) is 2.69. The Kier molecular flexibility index (Phi) is 7.83. The van der Waals surface area contributed by atoms with Crippen LogP contribution in [0.15, 0.2) is 42.5 Å². The van der Waals surface area contributed by atoms with Crippen molar-refractivity contribution in [2.24, 2.45) is 0 Å². The number of carbonyl (C=O) groups is 3. The molecule has 7 nitrogen and oxygen atoms in total. The third-order valence-corrected chi connectivity index (χ3v) is 4.05. The van der Waals surface area contributed by atoms with Crippen LogP contribution in [0.2, 0.25) is 5.02 Å². The normalized spacial score (nSPS) is 10.2. The summed E-state index contributed by atoms with van der Waals surface area (Å²) in [5.74, 6) is -1.63. The van der Waals surface area contributed by atoms with E-state index in [9.17, 15) is 14.4 Å². The summed E-state index contributed by atoms with van der Waals surface area (Å²) in [4.78, 5) is 35.7. The summed E-state index contributed by atoms with van der Waals surface area (Å²) in [6.07, 6.45) is 1.75. The molecule has 0 aliphatic rings. The number of halogens is 1. The summed E-state index contributed by atoms with van der Waals surface area (Å²) >= 11 is 5.80. The number of amides is 1. The van der Waals surface area contributed by atoms with E-state index in [1.165, 1.54) is 18.2 Å². The smallest absolute Gasteiger partial charge is 0.338 e. The number of anilines is 2. The van der Waals surface area contributed by atoms with Crippen LogP contribution in [-0.2, 0) is 14.3 Å². The number of hydrogen-bond acceptors (Lipinski definition) is 6. The molecule has 28 heavy (non-hydrogen) atoms. The van der Waals surface area contributed by atoms with Gasteiger partial charge in [-0.15, -0.1) is 0 Å². The SMILES string of the molecule is CCCCOC(=O)c1ccc(NC(=O)COC(=O)c2ccc(Cl)c(N)c2)cc1. The van der Waals surface area contributed by atoms with Crippen LogP contribution in [0.1, 0.15) is 40.5 Å². The van der Waals surface area contributed by atoms with E-state index in [1.54, 1.807) is 24.3 Å². The van der Waals surface area contributed by atoms with Crippen LogP contribution in [-0.4, -0.2) is 31.1 Å². The van der Waals surface area contributed by atoms with Crippen LogP contribution in [0.5, 0.6) is 0 Å². The first-order valence-electron chi connectivity index (χ1n) is 8.70. The van der Waals surface area contributed by atoms with Crippen LogP contribution in [0.4, 0.5) is 11.4 Å². The predicted molar refractivity (Wildman–Crippen MR) is 106 cm³/mol. The minimum Gasteiger partial charge on any atom is -0.462 e. The molecule has 0 aliphatic heterocycles. The monoisotopic (exact) mass is 404 g/mol. The highest BCUT2D eigenvalue weighted by Crippen LogP contribution is 2.20. The van der Waals surface area contributed by atoms with Crippen molar-refractivity contribution < 1.29 is 23.9 Å². The Balaban J connectivity index is 1.83. The van der Waals surface area contributed by atoms with E-state index in [0.29, 0.717) is 22.9 Å². The molecule has 0 radical (unpaired) electrons. The van der Waals surface area contributed by atoms with Crippen LogP contribution in [0.25, 0.3) is 0 Å². The predicted octanol–water partition coefficient (Wildman–Crippen LogP) is 3.67. The molecular formula is C20H21ClN2O5. The van der Waals surface area contributed by atoms with Crippen molar-refractivity contribution in [2.75, 3.05) is 24.3 Å². The van der Waals surface area contributed by atoms with Gasteiger partial charge in [-0.2, -0.15) is 0 Å². The van der Waals surface area contributed by atoms with E-state index in [2.05, 4.69) is 5.32 Å². The number of ether oxygens (including phenoxy) is 2. The lowest BCUT2D eigenvalue weighted by molar-refractivity contribution is -0.119. The Hall–Kier alpha value is -3.06. The summed E-state index contributed by atoms with van der Waals surface area (Å²) < 4.78 is 10.1. The zero-order valence-corrected chi connectivity index (χ0v) is 16.1. The molecule has 2 aromatic rings. The number of nitrogens with one attached hydrogen (secondary N) is 1. The molecule has 0 spiro atoms. The number of esters is 2. The molecule has 0 aliphatic carbocycles. The Morgan fingerprint density at radius 1 is 1.00 bits per heavy atom. The number of nitrogens with two attached hydrogens (primary N) is 1. The molecule has 0 atom stereocenters. The molecule has 0 bridgehead atoms. The van der Waals surface area contributed by atoms with Crippen molar-refractivity contribution >= 4 is 40.8 Å². The largest absolute Gasteiger partial charge is 0.462 e. The summed E-state index contributed by atoms with van der Waals surface area (Å²) in [7, 11) is 0. The Morgan fingerprint density at radius 3 is 2.29 bits per heavy atom. The summed E-state index contributed by atoms with van der Waals surface area (Å²) in [6.45, 7) is 1.91. The fourth-order valence-corrected chi connectivity index (χ4v) is 2.28. The fourth-order valence-electron chi connectivity index (χ4n) is 2.16. The van der Waals surface area contributed by atoms with Crippen molar-refractivity contribution in [3.05, 3.63) is 58.6 Å². The minimum absolute atomic E-state index is 0.195. The number of hydrogen-bond donors (Lipinski definition) is 2. The molecule has 0 saturated heterocycles. The number of unbranched alkanes of at least 4 members (excludes halogenated alkanes) is 1. The van der Waals surface area contributed by atoms with E-state index in [4.69, 9.17) is 26.8 Å². The fraction of sp³-hybridized carbons (Fsp3) is 0.250. The van der Waals surface area contributed by atoms with Gasteiger partial charge in [-0.1, -0.05) is 24.9 Å². The van der Waals surface area contributed by atoms with Crippen LogP contribution >= 0.6 is 11.6 Å². The zero-order chi connectivity index (χ0) is 20.5. The lowest BCUT2D eigenvalue weighted by Gasteiger charge is -2.08. The highest BCUT2D eigenvalue weighted by Gasteiger charge is 2.12. The second-order valence-corrected chi connectivity index (χ2v) is 6.33. The summed E-state index contributed by atoms with van der Waals surface area (Å²) in [6, 6.07) is 10.5. The van der Waals surface area contributed by atoms with Gasteiger partial charge in [0.1, 0.15) is 0 Å². The molecule has 0 fully saturated rings. The van der Waals surface area contributed by atoms with Crippen molar-refractivity contribution in [3.63, 3.8) is 0 Å². The molecule has 2 rings (SSSR count). The van der Waals surface area contributed by atoms with Gasteiger partial charge in [-0.3, -0.25) is 4.79 Å². The molecule has 0 saturated carbocycles. The number of carbonyl (C=O) groups excluding carboxylic acids is 3. The molecule has 0 unspecified atom stereocenters. The standard InChI is InChI=1S/C20H21ClN2O5/c1-2-3-10-27-19(25)13-4-7-15(8-5-13)23-18(24)12-28-20(26)14-6-9-16(21)17(22)11-14/h4-9,11H,2-3,10,12,22H2,1H3,(H,23,24). The lowest BCUT2D eigenvalue weighted by Crippen LogP contribution is -2.21. The molecular weight excluding hydrogens is 384 g/mol. The van der Waals surface area contributed by atoms with Crippen LogP contribution in [0, 0.1) is 0 Å². The van der Waals surface area contributed by atoms with E-state index < -0.39 is 24.5 Å². The van der Waals surface area contributed by atoms with E-state index in [-0.39, 0.29) is 11.3 Å². The molecule has 8 heteroatoms. The minimum atomic E-state index is -0.691. The Morgan fingerprint density at radius 2 is 1.64 bits per heavy atom. The molecule has 1 amide bonds. The van der Waals surface area contributed by atoms with Crippen molar-refractivity contribution in [3.8, 4) is 0 Å². The first-order valence-corrected chi connectivity index (χ1v) is 9.07. The first-order chi connectivity index (χ1) is 13.4. The second kappa shape index (κ2) is 10.3. The van der Waals surface area contributed by atoms with Crippen molar-refractivity contribution in [1.29, 1.82) is 0 Å². The van der Waals surface area contributed by atoms with Gasteiger partial charge in [0.2, 0.25) is 0 Å². The van der Waals surface area contributed by atoms with Gasteiger partial charge in [0.05, 0.1) is 28.4 Å². The van der Waals surface area contributed by atoms with Crippen LogP contribution < -0.4 is 11.1 Å². The van der Waals surface area contributed by atoms with Crippen LogP contribution in [0.3, 0.4) is 0 Å². The number of rotatable bonds is 8. The number of nitrogen functional groups attached to an aromatic ring is 1. The quantitative estimate of drug-likeness (QED) is 0.395. The Bertz CT molecular complexity index is 852. The third kappa shape index (κ3) is 6.28. The molecule has 0 heterocycles. The molecule has 3 N–H and O–H groups in total. The lowest BCUT2D eigenvalue weighted by atomic mass is 10.2. The first kappa shape index (κ1) is 21.2. The van der Waals surface area contributed by atoms with Gasteiger partial charge in [0.15, 0.2) is 6.61 Å². The topological polar surface area (TPSA) is 108 Å². The maximum atomic E-state index is 11.9. The maximum Gasteiger partial charge on any atom is 0.338 e. The molecule has 2 aromatic carbocycles. The van der Waals surface area contributed by atoms with Gasteiger partial charge in [0.25, 0.3) is 5.91 Å². The second-order valence-electron chi connectivity index (χ2n) is 5.93. The van der Waals surface area contributed by atoms with E-state index in [1.807, 2.05) is 6.92 Å². The molecule has 148 valence electrons. The average molecular weight is 405 g/mol. The van der Waals surface area contributed by atoms with E-state index in [0.717, 1.165) is 12.8 Å². The summed E-state index contributed by atoms with van der Waals surface area (Å²) in [5, 5.41) is 2.90. The highest BCUT2D eigenvalue weighted by atomic mass is 35.5. The van der Waals surface area contributed by atoms with Crippen molar-refractivity contribution in [1.82, 2.24) is 0 Å². The molecule has 0 aromatic heterocycles. The highest BCUT2D eigenvalue weighted by molar-refractivity contribution is 6.33. The van der Waals surface area contributed by atoms with E-state index >= 15 is 0 Å². The summed E-state index contributed by atoms with van der Waals surface area (Å²) in [5.41, 5.74) is 6.92. The van der Waals surface area contributed by atoms with Gasteiger partial charge in [-0.25, -0.2) is 9.59 Å². The van der Waals surface area contributed by atoms with Gasteiger partial charge in [0, 0.05) is 5.69 Å². The Labute approximate surface area is 167 Å². The van der Waals surface area contributed by atoms with Gasteiger partial charge < -0.3 is 20.5 Å². The number of benzene rings is 2. The maximum absolute atomic E-state index is 11.9. The van der Waals surface area contributed by atoms with Gasteiger partial charge in [-0.05, 0) is 48.9 Å². The third-order valence-electron chi connectivity index (χ3n) is 3.70.